The summed E-state index contributed by atoms with van der Waals surface area (Å²) >= 11 is 1.18. The van der Waals surface area contributed by atoms with Crippen LogP contribution in [0.2, 0.25) is 0 Å². The number of sulfone groups is 1. The number of thiophene rings is 1. The lowest BCUT2D eigenvalue weighted by atomic mass is 10.2. The molecule has 6 nitrogen and oxygen atoms in total. The first-order chi connectivity index (χ1) is 13.3. The molecule has 2 aromatic heterocycles. The SMILES string of the molecule is CCc1ccc(S(=O)(=O)NC[C@@H](c2cccnc2)S(=O)(=O)c2ccccc2)s1. The van der Waals surface area contributed by atoms with Gasteiger partial charge >= 0.3 is 0 Å². The van der Waals surface area contributed by atoms with E-state index in [-0.39, 0.29) is 15.6 Å². The van der Waals surface area contributed by atoms with Gasteiger partial charge in [0.1, 0.15) is 9.46 Å². The molecule has 0 amide bonds. The van der Waals surface area contributed by atoms with E-state index in [4.69, 9.17) is 0 Å². The molecule has 148 valence electrons. The Kier molecular flexibility index (Phi) is 6.29. The number of aryl methyl sites for hydroxylation is 1. The highest BCUT2D eigenvalue weighted by Crippen LogP contribution is 2.29. The second kappa shape index (κ2) is 8.52. The smallest absolute Gasteiger partial charge is 0.250 e. The van der Waals surface area contributed by atoms with Crippen LogP contribution in [-0.2, 0) is 26.3 Å². The highest BCUT2D eigenvalue weighted by molar-refractivity contribution is 7.92. The number of aromatic nitrogens is 1. The Hall–Kier alpha value is -2.07. The molecule has 1 N–H and O–H groups in total. The molecule has 0 unspecified atom stereocenters. The molecule has 0 radical (unpaired) electrons. The van der Waals surface area contributed by atoms with Crippen LogP contribution in [-0.4, -0.2) is 28.4 Å². The lowest BCUT2D eigenvalue weighted by Crippen LogP contribution is -2.31. The van der Waals surface area contributed by atoms with Gasteiger partial charge in [-0.25, -0.2) is 21.6 Å². The largest absolute Gasteiger partial charge is 0.264 e. The summed E-state index contributed by atoms with van der Waals surface area (Å²) in [6, 6.07) is 14.6. The number of hydrogen-bond acceptors (Lipinski definition) is 6. The summed E-state index contributed by atoms with van der Waals surface area (Å²) in [6.07, 6.45) is 3.72. The minimum absolute atomic E-state index is 0.132. The molecule has 0 saturated carbocycles. The second-order valence-corrected chi connectivity index (χ2v) is 11.4. The Balaban J connectivity index is 1.93. The normalized spacial score (nSPS) is 13.3. The minimum atomic E-state index is -3.82. The van der Waals surface area contributed by atoms with Crippen molar-refractivity contribution in [3.8, 4) is 0 Å². The van der Waals surface area contributed by atoms with Crippen LogP contribution in [0.3, 0.4) is 0 Å². The van der Waals surface area contributed by atoms with Gasteiger partial charge in [0.05, 0.1) is 4.90 Å². The fraction of sp³-hybridized carbons (Fsp3) is 0.211. The van der Waals surface area contributed by atoms with Crippen LogP contribution < -0.4 is 4.72 Å². The molecule has 28 heavy (non-hydrogen) atoms. The zero-order valence-electron chi connectivity index (χ0n) is 15.1. The molecule has 0 saturated heterocycles. The standard InChI is InChI=1S/C19H20N2O4S3/c1-2-16-10-11-19(26-16)28(24,25)21-14-18(15-7-6-12-20-13-15)27(22,23)17-8-4-3-5-9-17/h3-13,18,21H,2,14H2,1H3/t18-/m0/s1. The molecular formula is C19H20N2O4S3. The number of rotatable bonds is 8. The van der Waals surface area contributed by atoms with E-state index in [1.165, 1.54) is 41.9 Å². The molecule has 3 aromatic rings. The van der Waals surface area contributed by atoms with Crippen molar-refractivity contribution in [1.82, 2.24) is 9.71 Å². The molecule has 0 aliphatic heterocycles. The Morgan fingerprint density at radius 1 is 1.00 bits per heavy atom. The van der Waals surface area contributed by atoms with Gasteiger partial charge in [-0.2, -0.15) is 0 Å². The molecule has 0 aliphatic carbocycles. The van der Waals surface area contributed by atoms with Gasteiger partial charge in [-0.1, -0.05) is 31.2 Å². The summed E-state index contributed by atoms with van der Waals surface area (Å²) < 4.78 is 54.3. The molecule has 1 aromatic carbocycles. The van der Waals surface area contributed by atoms with E-state index >= 15 is 0 Å². The zero-order chi connectivity index (χ0) is 20.2. The Morgan fingerprint density at radius 2 is 1.75 bits per heavy atom. The van der Waals surface area contributed by atoms with Gasteiger partial charge in [0.2, 0.25) is 10.0 Å². The van der Waals surface area contributed by atoms with Crippen molar-refractivity contribution in [1.29, 1.82) is 0 Å². The van der Waals surface area contributed by atoms with Crippen molar-refractivity contribution in [3.63, 3.8) is 0 Å². The number of nitrogens with one attached hydrogen (secondary N) is 1. The fourth-order valence-corrected chi connectivity index (χ4v) is 6.85. The molecule has 0 bridgehead atoms. The van der Waals surface area contributed by atoms with Crippen molar-refractivity contribution in [2.24, 2.45) is 0 Å². The van der Waals surface area contributed by atoms with Gasteiger partial charge in [-0.3, -0.25) is 4.98 Å². The summed E-state index contributed by atoms with van der Waals surface area (Å²) in [4.78, 5) is 5.07. The van der Waals surface area contributed by atoms with Crippen LogP contribution in [0.25, 0.3) is 0 Å². The van der Waals surface area contributed by atoms with Gasteiger partial charge in [0.25, 0.3) is 0 Å². The molecule has 0 aliphatic rings. The van der Waals surface area contributed by atoms with Gasteiger partial charge in [0, 0.05) is 23.8 Å². The first-order valence-corrected chi connectivity index (χ1v) is 12.5. The maximum atomic E-state index is 13.2. The number of hydrogen-bond donors (Lipinski definition) is 1. The topological polar surface area (TPSA) is 93.2 Å². The molecule has 1 atom stereocenters. The van der Waals surface area contributed by atoms with Crippen LogP contribution in [0.15, 0.2) is 76.1 Å². The van der Waals surface area contributed by atoms with Crippen molar-refractivity contribution in [3.05, 3.63) is 77.4 Å². The van der Waals surface area contributed by atoms with Crippen LogP contribution >= 0.6 is 11.3 Å². The zero-order valence-corrected chi connectivity index (χ0v) is 17.6. The Bertz CT molecular complexity index is 1130. The molecule has 9 heteroatoms. The van der Waals surface area contributed by atoms with Crippen molar-refractivity contribution >= 4 is 31.2 Å². The molecular weight excluding hydrogens is 416 g/mol. The van der Waals surface area contributed by atoms with E-state index in [0.29, 0.717) is 5.56 Å². The summed E-state index contributed by atoms with van der Waals surface area (Å²) in [5, 5.41) is -1.09. The highest BCUT2D eigenvalue weighted by atomic mass is 32.2. The lowest BCUT2D eigenvalue weighted by Gasteiger charge is -2.18. The minimum Gasteiger partial charge on any atom is -0.264 e. The number of benzene rings is 1. The average molecular weight is 437 g/mol. The first-order valence-electron chi connectivity index (χ1n) is 8.62. The quantitative estimate of drug-likeness (QED) is 0.585. The van der Waals surface area contributed by atoms with Crippen molar-refractivity contribution < 1.29 is 16.8 Å². The predicted octanol–water partition coefficient (Wildman–Crippen LogP) is 3.20. The van der Waals surface area contributed by atoms with Gasteiger partial charge in [-0.05, 0) is 42.3 Å². The van der Waals surface area contributed by atoms with E-state index in [0.717, 1.165) is 11.3 Å². The third kappa shape index (κ3) is 4.49. The van der Waals surface area contributed by atoms with Crippen LogP contribution in [0, 0.1) is 0 Å². The Labute approximate surface area is 169 Å². The van der Waals surface area contributed by atoms with Gasteiger partial charge in [-0.15, -0.1) is 11.3 Å². The summed E-state index contributed by atoms with van der Waals surface area (Å²) in [7, 11) is -7.63. The second-order valence-electron chi connectivity index (χ2n) is 6.06. The summed E-state index contributed by atoms with van der Waals surface area (Å²) in [6.45, 7) is 1.66. The van der Waals surface area contributed by atoms with Crippen molar-refractivity contribution in [2.75, 3.05) is 6.54 Å². The summed E-state index contributed by atoms with van der Waals surface area (Å²) in [5.74, 6) is 0. The fourth-order valence-electron chi connectivity index (χ4n) is 2.70. The van der Waals surface area contributed by atoms with Gasteiger partial charge in [0.15, 0.2) is 9.84 Å². The number of pyridine rings is 1. The predicted molar refractivity (Wildman–Crippen MR) is 109 cm³/mol. The monoisotopic (exact) mass is 436 g/mol. The van der Waals surface area contributed by atoms with E-state index in [9.17, 15) is 16.8 Å². The highest BCUT2D eigenvalue weighted by Gasteiger charge is 2.31. The van der Waals surface area contributed by atoms with Gasteiger partial charge < -0.3 is 0 Å². The molecule has 2 heterocycles. The van der Waals surface area contributed by atoms with Crippen LogP contribution in [0.5, 0.6) is 0 Å². The molecule has 0 spiro atoms. The molecule has 0 fully saturated rings. The Morgan fingerprint density at radius 3 is 2.36 bits per heavy atom. The first kappa shape index (κ1) is 20.7. The third-order valence-electron chi connectivity index (χ3n) is 4.21. The van der Waals surface area contributed by atoms with E-state index in [1.807, 2.05) is 6.92 Å². The van der Waals surface area contributed by atoms with E-state index < -0.39 is 25.1 Å². The van der Waals surface area contributed by atoms with Crippen LogP contribution in [0.4, 0.5) is 0 Å². The number of sulfonamides is 1. The maximum absolute atomic E-state index is 13.2. The lowest BCUT2D eigenvalue weighted by molar-refractivity contribution is 0.569. The van der Waals surface area contributed by atoms with Crippen LogP contribution in [0.1, 0.15) is 22.6 Å². The average Bonchev–Trinajstić information content (AvgIpc) is 3.20. The third-order valence-corrected chi connectivity index (χ3v) is 9.47. The number of nitrogens with zero attached hydrogens (tertiary/aromatic N) is 1. The van der Waals surface area contributed by atoms with E-state index in [1.54, 1.807) is 36.4 Å². The van der Waals surface area contributed by atoms with E-state index in [2.05, 4.69) is 9.71 Å². The molecule has 3 rings (SSSR count). The maximum Gasteiger partial charge on any atom is 0.250 e. The summed E-state index contributed by atoms with van der Waals surface area (Å²) in [5.41, 5.74) is 0.425. The van der Waals surface area contributed by atoms with Crippen molar-refractivity contribution in [2.45, 2.75) is 27.7 Å².